The number of nitrogens with one attached hydrogen (secondary N) is 2. The zero-order chi connectivity index (χ0) is 22.0. The van der Waals surface area contributed by atoms with Crippen LogP contribution >= 0.6 is 0 Å². The van der Waals surface area contributed by atoms with E-state index < -0.39 is 12.0 Å². The smallest absolute Gasteiger partial charge is 0.338 e. The first-order valence-corrected chi connectivity index (χ1v) is 10.8. The number of furan rings is 1. The molecule has 2 aliphatic heterocycles. The number of carbonyl (C=O) groups is 2. The van der Waals surface area contributed by atoms with Gasteiger partial charge in [-0.05, 0) is 57.9 Å². The lowest BCUT2D eigenvalue weighted by atomic mass is 9.99. The van der Waals surface area contributed by atoms with Gasteiger partial charge >= 0.3 is 12.0 Å². The number of amides is 2. The monoisotopic (exact) mass is 423 g/mol. The summed E-state index contributed by atoms with van der Waals surface area (Å²) >= 11 is 0. The standard InChI is InChI=1S/C24H29N3O4/c1-4-30-23(28)21-18(25-24(29)26-22(21)20-12-9-16(3)31-20)14-27-13-5-6-19(27)17-10-7-15(2)8-11-17/h7-12,19,22H,4-6,13-14H2,1-3H3,(H2,25,26,29). The van der Waals surface area contributed by atoms with Crippen LogP contribution in [-0.2, 0) is 9.53 Å². The summed E-state index contributed by atoms with van der Waals surface area (Å²) in [6, 6.07) is 11.4. The number of rotatable bonds is 6. The quantitative estimate of drug-likeness (QED) is 0.689. The Kier molecular flexibility index (Phi) is 6.13. The van der Waals surface area contributed by atoms with Crippen molar-refractivity contribution < 1.29 is 18.7 Å². The molecule has 0 aliphatic carbocycles. The first-order valence-electron chi connectivity index (χ1n) is 10.8. The lowest BCUT2D eigenvalue weighted by Crippen LogP contribution is -2.48. The van der Waals surface area contributed by atoms with E-state index in [1.807, 2.05) is 13.0 Å². The number of hydrogen-bond donors (Lipinski definition) is 2. The molecule has 2 amide bonds. The highest BCUT2D eigenvalue weighted by molar-refractivity contribution is 5.95. The molecule has 1 aromatic heterocycles. The van der Waals surface area contributed by atoms with Crippen molar-refractivity contribution in [3.63, 3.8) is 0 Å². The molecule has 0 radical (unpaired) electrons. The molecule has 2 atom stereocenters. The average Bonchev–Trinajstić information content (AvgIpc) is 3.37. The molecule has 4 rings (SSSR count). The number of urea groups is 1. The Morgan fingerprint density at radius 2 is 1.97 bits per heavy atom. The number of esters is 1. The Morgan fingerprint density at radius 1 is 1.19 bits per heavy atom. The van der Waals surface area contributed by atoms with Crippen LogP contribution in [0.2, 0.25) is 0 Å². The second-order valence-electron chi connectivity index (χ2n) is 8.13. The Balaban J connectivity index is 1.68. The van der Waals surface area contributed by atoms with Crippen molar-refractivity contribution in [1.29, 1.82) is 0 Å². The van der Waals surface area contributed by atoms with Gasteiger partial charge in [-0.3, -0.25) is 4.90 Å². The van der Waals surface area contributed by atoms with Crippen molar-refractivity contribution in [1.82, 2.24) is 15.5 Å². The van der Waals surface area contributed by atoms with E-state index in [4.69, 9.17) is 9.15 Å². The number of carbonyl (C=O) groups excluding carboxylic acids is 2. The number of aryl methyl sites for hydroxylation is 2. The molecule has 1 saturated heterocycles. The van der Waals surface area contributed by atoms with Crippen LogP contribution in [-0.4, -0.2) is 36.6 Å². The molecule has 31 heavy (non-hydrogen) atoms. The summed E-state index contributed by atoms with van der Waals surface area (Å²) in [5.74, 6) is 0.783. The Hall–Kier alpha value is -3.06. The lowest BCUT2D eigenvalue weighted by molar-refractivity contribution is -0.139. The van der Waals surface area contributed by atoms with Gasteiger partial charge in [0.15, 0.2) is 0 Å². The van der Waals surface area contributed by atoms with Crippen LogP contribution in [0.15, 0.2) is 52.1 Å². The van der Waals surface area contributed by atoms with Gasteiger partial charge in [0.2, 0.25) is 0 Å². The zero-order valence-electron chi connectivity index (χ0n) is 18.2. The molecular formula is C24H29N3O4. The summed E-state index contributed by atoms with van der Waals surface area (Å²) in [6.45, 7) is 7.28. The van der Waals surface area contributed by atoms with Crippen molar-refractivity contribution in [3.05, 3.63) is 70.3 Å². The SMILES string of the molecule is CCOC(=O)C1=C(CN2CCCC2c2ccc(C)cc2)NC(=O)NC1c1ccc(C)o1. The minimum atomic E-state index is -0.683. The molecule has 7 nitrogen and oxygen atoms in total. The highest BCUT2D eigenvalue weighted by Crippen LogP contribution is 2.35. The number of ether oxygens (including phenoxy) is 1. The average molecular weight is 424 g/mol. The van der Waals surface area contributed by atoms with Gasteiger partial charge in [0.05, 0.1) is 12.2 Å². The van der Waals surface area contributed by atoms with Crippen LogP contribution in [0.1, 0.15) is 54.5 Å². The maximum Gasteiger partial charge on any atom is 0.338 e. The van der Waals surface area contributed by atoms with Gasteiger partial charge < -0.3 is 19.8 Å². The minimum Gasteiger partial charge on any atom is -0.464 e. The van der Waals surface area contributed by atoms with Crippen LogP contribution in [0.5, 0.6) is 0 Å². The predicted molar refractivity (Wildman–Crippen MR) is 116 cm³/mol. The largest absolute Gasteiger partial charge is 0.464 e. The van der Waals surface area contributed by atoms with E-state index in [9.17, 15) is 9.59 Å². The van der Waals surface area contributed by atoms with Gasteiger partial charge in [-0.15, -0.1) is 0 Å². The van der Waals surface area contributed by atoms with Gasteiger partial charge in [0, 0.05) is 18.3 Å². The van der Waals surface area contributed by atoms with Gasteiger partial charge in [0.1, 0.15) is 17.6 Å². The number of hydrogen-bond acceptors (Lipinski definition) is 5. The summed E-state index contributed by atoms with van der Waals surface area (Å²) in [5.41, 5.74) is 3.44. The van der Waals surface area contributed by atoms with E-state index in [0.717, 1.165) is 19.4 Å². The zero-order valence-corrected chi connectivity index (χ0v) is 18.2. The molecular weight excluding hydrogens is 394 g/mol. The first-order chi connectivity index (χ1) is 15.0. The van der Waals surface area contributed by atoms with Gasteiger partial charge in [0.25, 0.3) is 0 Å². The Labute approximate surface area is 182 Å². The predicted octanol–water partition coefficient (Wildman–Crippen LogP) is 3.90. The van der Waals surface area contributed by atoms with Crippen molar-refractivity contribution in [3.8, 4) is 0 Å². The number of nitrogens with zero attached hydrogens (tertiary/aromatic N) is 1. The Bertz CT molecular complexity index is 993. The van der Waals surface area contributed by atoms with E-state index in [-0.39, 0.29) is 18.7 Å². The maximum atomic E-state index is 12.9. The summed E-state index contributed by atoms with van der Waals surface area (Å²) < 4.78 is 11.1. The van der Waals surface area contributed by atoms with Crippen LogP contribution in [0, 0.1) is 13.8 Å². The van der Waals surface area contributed by atoms with E-state index in [2.05, 4.69) is 46.7 Å². The number of likely N-dealkylation sites (tertiary alicyclic amines) is 1. The first kappa shape index (κ1) is 21.2. The summed E-state index contributed by atoms with van der Waals surface area (Å²) in [4.78, 5) is 27.7. The van der Waals surface area contributed by atoms with Crippen molar-refractivity contribution in [2.45, 2.75) is 45.7 Å². The third-order valence-electron chi connectivity index (χ3n) is 5.88. The molecule has 164 valence electrons. The summed E-state index contributed by atoms with van der Waals surface area (Å²) in [5, 5.41) is 5.68. The molecule has 2 aliphatic rings. The van der Waals surface area contributed by atoms with E-state index in [1.165, 1.54) is 11.1 Å². The van der Waals surface area contributed by atoms with E-state index in [0.29, 0.717) is 29.3 Å². The molecule has 1 aromatic carbocycles. The fourth-order valence-electron chi connectivity index (χ4n) is 4.40. The number of benzene rings is 1. The minimum absolute atomic E-state index is 0.243. The van der Waals surface area contributed by atoms with E-state index in [1.54, 1.807) is 13.0 Å². The van der Waals surface area contributed by atoms with Crippen LogP contribution in [0.4, 0.5) is 4.79 Å². The highest BCUT2D eigenvalue weighted by atomic mass is 16.5. The molecule has 7 heteroatoms. The fourth-order valence-corrected chi connectivity index (χ4v) is 4.40. The van der Waals surface area contributed by atoms with Crippen molar-refractivity contribution in [2.24, 2.45) is 0 Å². The van der Waals surface area contributed by atoms with Gasteiger partial charge in [-0.2, -0.15) is 0 Å². The Morgan fingerprint density at radius 3 is 2.65 bits per heavy atom. The molecule has 0 bridgehead atoms. The summed E-state index contributed by atoms with van der Waals surface area (Å²) in [7, 11) is 0. The molecule has 2 aromatic rings. The molecule has 2 unspecified atom stereocenters. The second kappa shape index (κ2) is 8.98. The maximum absolute atomic E-state index is 12.9. The van der Waals surface area contributed by atoms with E-state index >= 15 is 0 Å². The van der Waals surface area contributed by atoms with Gasteiger partial charge in [-0.25, -0.2) is 9.59 Å². The molecule has 0 saturated carbocycles. The normalized spacial score (nSPS) is 21.7. The second-order valence-corrected chi connectivity index (χ2v) is 8.13. The molecule has 3 heterocycles. The molecule has 0 spiro atoms. The highest BCUT2D eigenvalue weighted by Gasteiger charge is 2.37. The lowest BCUT2D eigenvalue weighted by Gasteiger charge is -2.32. The van der Waals surface area contributed by atoms with Crippen LogP contribution in [0.3, 0.4) is 0 Å². The fraction of sp³-hybridized carbons (Fsp3) is 0.417. The third kappa shape index (κ3) is 4.51. The van der Waals surface area contributed by atoms with Crippen molar-refractivity contribution >= 4 is 12.0 Å². The van der Waals surface area contributed by atoms with Crippen LogP contribution < -0.4 is 10.6 Å². The van der Waals surface area contributed by atoms with Crippen molar-refractivity contribution in [2.75, 3.05) is 19.7 Å². The third-order valence-corrected chi connectivity index (χ3v) is 5.88. The molecule has 2 N–H and O–H groups in total. The topological polar surface area (TPSA) is 83.8 Å². The van der Waals surface area contributed by atoms with Gasteiger partial charge in [-0.1, -0.05) is 29.8 Å². The van der Waals surface area contributed by atoms with Crippen LogP contribution in [0.25, 0.3) is 0 Å². The molecule has 1 fully saturated rings. The summed E-state index contributed by atoms with van der Waals surface area (Å²) in [6.07, 6.45) is 2.10.